The van der Waals surface area contributed by atoms with Crippen molar-refractivity contribution in [3.05, 3.63) is 119 Å². The van der Waals surface area contributed by atoms with E-state index in [1.807, 2.05) is 49.4 Å². The maximum absolute atomic E-state index is 14.0. The predicted octanol–water partition coefficient (Wildman–Crippen LogP) is 9.97. The van der Waals surface area contributed by atoms with E-state index in [4.69, 9.17) is 37.1 Å². The highest BCUT2D eigenvalue weighted by Gasteiger charge is 2.36. The van der Waals surface area contributed by atoms with Gasteiger partial charge in [-0.25, -0.2) is 15.0 Å². The van der Waals surface area contributed by atoms with Crippen molar-refractivity contribution in [3.8, 4) is 34.3 Å². The van der Waals surface area contributed by atoms with Gasteiger partial charge in [0.15, 0.2) is 5.76 Å². The number of pyridine rings is 2. The van der Waals surface area contributed by atoms with Gasteiger partial charge in [-0.15, -0.1) is 0 Å². The molecule has 0 spiro atoms. The number of nitrogens with zero attached hydrogens (tertiary/aromatic N) is 6. The van der Waals surface area contributed by atoms with Crippen LogP contribution in [-0.4, -0.2) is 95.6 Å². The number of anilines is 2. The smallest absolute Gasteiger partial charge is 0.273 e. The number of aromatic nitrogens is 3. The zero-order valence-corrected chi connectivity index (χ0v) is 36.9. The highest BCUT2D eigenvalue weighted by atomic mass is 35.5. The van der Waals surface area contributed by atoms with Crippen LogP contribution in [-0.2, 0) is 4.79 Å². The highest BCUT2D eigenvalue weighted by molar-refractivity contribution is 6.31. The third-order valence-electron chi connectivity index (χ3n) is 11.1. The number of benzene rings is 4. The van der Waals surface area contributed by atoms with Crippen LogP contribution < -0.4 is 20.1 Å². The average Bonchev–Trinajstić information content (AvgIpc) is 4.02. The molecule has 2 N–H and O–H groups in total. The first-order valence-electron chi connectivity index (χ1n) is 20.7. The van der Waals surface area contributed by atoms with E-state index in [9.17, 15) is 14.4 Å². The molecule has 0 radical (unpaired) electrons. The van der Waals surface area contributed by atoms with Crippen molar-refractivity contribution in [1.82, 2.24) is 24.8 Å². The number of halogens is 2. The second kappa shape index (κ2) is 19.2. The highest BCUT2D eigenvalue weighted by Crippen LogP contribution is 2.35. The first kappa shape index (κ1) is 43.6. The number of hydrogen-bond acceptors (Lipinski definition) is 11. The maximum Gasteiger partial charge on any atom is 0.273 e. The maximum atomic E-state index is 14.0. The fourth-order valence-corrected chi connectivity index (χ4v) is 8.45. The minimum Gasteiger partial charge on any atom is -0.496 e. The number of rotatable bonds is 15. The number of methoxy groups -OCH3 is 2. The number of ether oxygens (including phenoxy) is 2. The topological polar surface area (TPSA) is 164 Å². The van der Waals surface area contributed by atoms with Crippen molar-refractivity contribution < 1.29 is 28.3 Å². The Kier molecular flexibility index (Phi) is 13.1. The van der Waals surface area contributed by atoms with Gasteiger partial charge in [0.2, 0.25) is 11.8 Å². The van der Waals surface area contributed by atoms with Crippen LogP contribution >= 0.6 is 23.2 Å². The van der Waals surface area contributed by atoms with Crippen LogP contribution in [0.1, 0.15) is 47.2 Å². The number of amides is 3. The Bertz CT molecular complexity index is 2920. The molecule has 0 saturated carbocycles. The van der Waals surface area contributed by atoms with E-state index in [0.717, 1.165) is 12.0 Å². The molecule has 14 nitrogen and oxygen atoms in total. The molecule has 1 aliphatic heterocycles. The molecular formula is C48H44Cl2N8O6. The number of fused-ring (bicyclic) bond motifs is 2. The van der Waals surface area contributed by atoms with E-state index in [-0.39, 0.29) is 39.4 Å². The van der Waals surface area contributed by atoms with E-state index in [2.05, 4.69) is 37.3 Å². The van der Waals surface area contributed by atoms with Crippen LogP contribution in [0.5, 0.6) is 11.5 Å². The zero-order chi connectivity index (χ0) is 44.9. The molecule has 1 fully saturated rings. The summed E-state index contributed by atoms with van der Waals surface area (Å²) in [6.07, 6.45) is 3.51. The molecule has 0 unspecified atom stereocenters. The van der Waals surface area contributed by atoms with Gasteiger partial charge in [0.1, 0.15) is 39.2 Å². The van der Waals surface area contributed by atoms with Gasteiger partial charge >= 0.3 is 0 Å². The number of oxazole rings is 1. The van der Waals surface area contributed by atoms with E-state index >= 15 is 0 Å². The molecular weight excluding hydrogens is 855 g/mol. The van der Waals surface area contributed by atoms with Crippen LogP contribution in [0.4, 0.5) is 17.1 Å². The zero-order valence-electron chi connectivity index (χ0n) is 35.4. The third-order valence-corrected chi connectivity index (χ3v) is 11.5. The Morgan fingerprint density at radius 2 is 1.55 bits per heavy atom. The molecule has 8 rings (SSSR count). The molecule has 3 amide bonds. The van der Waals surface area contributed by atoms with Gasteiger partial charge in [-0.2, -0.15) is 0 Å². The molecule has 7 aromatic rings. The molecule has 1 aliphatic rings. The quantitative estimate of drug-likeness (QED) is 0.0748. The summed E-state index contributed by atoms with van der Waals surface area (Å²) >= 11 is 12.7. The van der Waals surface area contributed by atoms with Gasteiger partial charge < -0.3 is 34.3 Å². The van der Waals surface area contributed by atoms with Gasteiger partial charge in [0, 0.05) is 64.5 Å². The van der Waals surface area contributed by atoms with Gasteiger partial charge in [0.05, 0.1) is 31.8 Å². The van der Waals surface area contributed by atoms with Gasteiger partial charge in [-0.3, -0.25) is 19.4 Å². The minimum atomic E-state index is -0.720. The molecule has 326 valence electrons. The average molecular weight is 900 g/mol. The van der Waals surface area contributed by atoms with Crippen LogP contribution in [0, 0.1) is 0 Å². The molecule has 16 heteroatoms. The number of aliphatic imine (C=N–C) groups is 1. The first-order chi connectivity index (χ1) is 31.1. The molecule has 3 aromatic heterocycles. The Hall–Kier alpha value is -7.03. The molecule has 0 bridgehead atoms. The third kappa shape index (κ3) is 8.92. The van der Waals surface area contributed by atoms with Crippen molar-refractivity contribution >= 4 is 86.2 Å². The van der Waals surface area contributed by atoms with E-state index < -0.39 is 6.04 Å². The molecule has 64 heavy (non-hydrogen) atoms. The van der Waals surface area contributed by atoms with Crippen molar-refractivity contribution in [2.75, 3.05) is 51.0 Å². The van der Waals surface area contributed by atoms with Crippen molar-refractivity contribution in [2.45, 2.75) is 32.2 Å². The normalized spacial score (nSPS) is 13.5. The fraction of sp³-hybridized carbons (Fsp3) is 0.229. The summed E-state index contributed by atoms with van der Waals surface area (Å²) in [6.45, 7) is 7.42. The predicted molar refractivity (Wildman–Crippen MR) is 251 cm³/mol. The number of likely N-dealkylation sites (tertiary alicyclic amines) is 1. The Morgan fingerprint density at radius 3 is 2.23 bits per heavy atom. The lowest BCUT2D eigenvalue weighted by Gasteiger charge is -2.24. The summed E-state index contributed by atoms with van der Waals surface area (Å²) in [5, 5.41) is 9.38. The van der Waals surface area contributed by atoms with Crippen LogP contribution in [0.25, 0.3) is 44.3 Å². The minimum absolute atomic E-state index is 0.152. The van der Waals surface area contributed by atoms with Crippen LogP contribution in [0.2, 0.25) is 10.3 Å². The summed E-state index contributed by atoms with van der Waals surface area (Å²) in [7, 11) is 3.12. The van der Waals surface area contributed by atoms with Gasteiger partial charge in [0.25, 0.3) is 11.8 Å². The summed E-state index contributed by atoms with van der Waals surface area (Å²) in [5.74, 6) is 1.06. The van der Waals surface area contributed by atoms with Crippen molar-refractivity contribution in [1.29, 1.82) is 0 Å². The molecule has 4 aromatic carbocycles. The SMILES string of the molecule is C=Nc1ccc(-c2cnc(-c3cccc(NC(=O)[C@@H]4CCCN4C(=O)c4nc(Cl)cc5c(OC)cccc45)c3)o2)cc1NCCN(CCC)C(=O)c1nc(Cl)cc2c(OC)cccc12. The summed E-state index contributed by atoms with van der Waals surface area (Å²) in [5.41, 5.74) is 3.61. The summed E-state index contributed by atoms with van der Waals surface area (Å²) in [4.78, 5) is 62.5. The molecule has 0 aliphatic carbocycles. The number of hydrogen-bond donors (Lipinski definition) is 2. The van der Waals surface area contributed by atoms with Crippen LogP contribution in [0.15, 0.2) is 107 Å². The van der Waals surface area contributed by atoms with E-state index in [1.54, 1.807) is 78.7 Å². The number of nitrogens with one attached hydrogen (secondary N) is 2. The monoisotopic (exact) mass is 898 g/mol. The molecule has 1 saturated heterocycles. The number of carbonyl (C=O) groups is 3. The molecule has 4 heterocycles. The van der Waals surface area contributed by atoms with Crippen molar-refractivity contribution in [3.63, 3.8) is 0 Å². The van der Waals surface area contributed by atoms with Gasteiger partial charge in [-0.1, -0.05) is 60.5 Å². The lowest BCUT2D eigenvalue weighted by Crippen LogP contribution is -2.43. The summed E-state index contributed by atoms with van der Waals surface area (Å²) < 4.78 is 17.3. The lowest BCUT2D eigenvalue weighted by molar-refractivity contribution is -0.119. The fourth-order valence-electron chi connectivity index (χ4n) is 8.06. The molecule has 1 atom stereocenters. The summed E-state index contributed by atoms with van der Waals surface area (Å²) in [6, 6.07) is 26.2. The standard InChI is InChI=1S/C48H44Cl2N8O6/c1-5-20-57(47(60)43-31-12-7-15-38(62-3)33(31)25-41(49)55-43)22-19-52-36-24-28(17-18-35(36)51-2)40-27-53-46(64-40)29-10-6-11-30(23-29)54-45(59)37-14-9-21-58(37)48(61)44-32-13-8-16-39(63-4)34(32)26-42(50)56-44/h6-8,10-13,15-18,23-27,37,52H,2,5,9,14,19-22H2,1,3-4H3,(H,54,59)/t37-/m0/s1. The second-order valence-electron chi connectivity index (χ2n) is 15.1. The van der Waals surface area contributed by atoms with Crippen molar-refractivity contribution in [2.24, 2.45) is 4.99 Å². The van der Waals surface area contributed by atoms with E-state index in [0.29, 0.717) is 106 Å². The van der Waals surface area contributed by atoms with Gasteiger partial charge in [-0.05, 0) is 86.6 Å². The largest absolute Gasteiger partial charge is 0.496 e. The Labute approximate surface area is 379 Å². The van der Waals surface area contributed by atoms with E-state index in [1.165, 1.54) is 0 Å². The first-order valence-corrected chi connectivity index (χ1v) is 21.4. The second-order valence-corrected chi connectivity index (χ2v) is 15.8. The lowest BCUT2D eigenvalue weighted by atomic mass is 10.1. The van der Waals surface area contributed by atoms with Crippen LogP contribution in [0.3, 0.4) is 0 Å². The Balaban J connectivity index is 0.948. The number of carbonyl (C=O) groups excluding carboxylic acids is 3. The Morgan fingerprint density at radius 1 is 0.859 bits per heavy atom.